The van der Waals surface area contributed by atoms with Crippen LogP contribution >= 0.6 is 0 Å². The zero-order valence-corrected chi connectivity index (χ0v) is 63.0. The Morgan fingerprint density at radius 1 is 0.301 bits per heavy atom. The first-order chi connectivity index (χ1) is 46.0. The van der Waals surface area contributed by atoms with Crippen LogP contribution in [0.4, 0.5) is 0 Å². The van der Waals surface area contributed by atoms with E-state index in [-0.39, 0.29) is 18.5 Å². The molecule has 0 aliphatic carbocycles. The number of hydrogen-bond acceptors (Lipinski definition) is 5. The molecular formula is C87H165NO5. The largest absolute Gasteiger partial charge is 0.466 e. The molecule has 93 heavy (non-hydrogen) atoms. The zero-order valence-electron chi connectivity index (χ0n) is 63.0. The Hall–Kier alpha value is -2.18. The number of amides is 1. The van der Waals surface area contributed by atoms with Crippen molar-refractivity contribution in [1.29, 1.82) is 0 Å². The van der Waals surface area contributed by atoms with Crippen LogP contribution in [0, 0.1) is 0 Å². The Labute approximate surface area is 582 Å². The highest BCUT2D eigenvalue weighted by molar-refractivity contribution is 5.76. The van der Waals surface area contributed by atoms with Gasteiger partial charge in [0.1, 0.15) is 0 Å². The maximum atomic E-state index is 12.6. The maximum Gasteiger partial charge on any atom is 0.305 e. The molecule has 0 aliphatic heterocycles. The summed E-state index contributed by atoms with van der Waals surface area (Å²) in [7, 11) is 0. The Bertz CT molecular complexity index is 1550. The molecule has 0 bridgehead atoms. The number of unbranched alkanes of at least 4 members (excludes halogenated alkanes) is 61. The van der Waals surface area contributed by atoms with Gasteiger partial charge < -0.3 is 20.3 Å². The van der Waals surface area contributed by atoms with Crippen LogP contribution in [0.25, 0.3) is 0 Å². The molecule has 0 aromatic carbocycles. The number of nitrogens with one attached hydrogen (secondary N) is 1. The topological polar surface area (TPSA) is 95.9 Å². The molecule has 6 heteroatoms. The van der Waals surface area contributed by atoms with E-state index in [9.17, 15) is 19.8 Å². The van der Waals surface area contributed by atoms with Crippen LogP contribution in [0.3, 0.4) is 0 Å². The van der Waals surface area contributed by atoms with Gasteiger partial charge in [-0.2, -0.15) is 0 Å². The number of carbonyl (C=O) groups excluding carboxylic acids is 2. The van der Waals surface area contributed by atoms with Crippen molar-refractivity contribution in [3.8, 4) is 0 Å². The van der Waals surface area contributed by atoms with Crippen molar-refractivity contribution in [2.75, 3.05) is 13.2 Å². The molecule has 2 unspecified atom stereocenters. The molecule has 0 aromatic rings. The summed E-state index contributed by atoms with van der Waals surface area (Å²) in [6.45, 7) is 4.98. The third-order valence-electron chi connectivity index (χ3n) is 19.9. The second kappa shape index (κ2) is 82.2. The van der Waals surface area contributed by atoms with Gasteiger partial charge in [0.05, 0.1) is 25.4 Å². The van der Waals surface area contributed by atoms with Crippen LogP contribution in [0.2, 0.25) is 0 Å². The normalized spacial score (nSPS) is 12.7. The average Bonchev–Trinajstić information content (AvgIpc) is 3.78. The average molecular weight is 1310 g/mol. The third kappa shape index (κ3) is 78.7. The van der Waals surface area contributed by atoms with E-state index in [0.29, 0.717) is 25.9 Å². The van der Waals surface area contributed by atoms with Crippen molar-refractivity contribution in [2.24, 2.45) is 0 Å². The molecular weight excluding hydrogens is 1140 g/mol. The van der Waals surface area contributed by atoms with Crippen molar-refractivity contribution < 1.29 is 24.5 Å². The Morgan fingerprint density at radius 3 is 0.828 bits per heavy atom. The molecule has 0 aromatic heterocycles. The number of hydrogen-bond donors (Lipinski definition) is 3. The predicted octanol–water partition coefficient (Wildman–Crippen LogP) is 28.3. The summed E-state index contributed by atoms with van der Waals surface area (Å²) in [5, 5.41) is 23.5. The van der Waals surface area contributed by atoms with Gasteiger partial charge in [0.2, 0.25) is 5.91 Å². The molecule has 0 spiro atoms. The summed E-state index contributed by atoms with van der Waals surface area (Å²) in [4.78, 5) is 24.7. The number of aliphatic hydroxyl groups excluding tert-OH is 2. The smallest absolute Gasteiger partial charge is 0.305 e. The highest BCUT2D eigenvalue weighted by Crippen LogP contribution is 2.20. The number of ether oxygens (including phenoxy) is 1. The Balaban J connectivity index is 3.36. The van der Waals surface area contributed by atoms with Crippen molar-refractivity contribution in [1.82, 2.24) is 5.32 Å². The molecule has 0 aliphatic rings. The molecule has 6 nitrogen and oxygen atoms in total. The minimum Gasteiger partial charge on any atom is -0.466 e. The highest BCUT2D eigenvalue weighted by Gasteiger charge is 2.20. The predicted molar refractivity (Wildman–Crippen MR) is 412 cm³/mol. The highest BCUT2D eigenvalue weighted by atomic mass is 16.5. The maximum absolute atomic E-state index is 12.6. The molecule has 0 rings (SSSR count). The van der Waals surface area contributed by atoms with Gasteiger partial charge in [-0.25, -0.2) is 0 Å². The Kier molecular flexibility index (Phi) is 80.3. The molecule has 0 heterocycles. The fourth-order valence-corrected chi connectivity index (χ4v) is 13.4. The summed E-state index contributed by atoms with van der Waals surface area (Å²) < 4.78 is 5.51. The van der Waals surface area contributed by atoms with E-state index in [1.807, 2.05) is 0 Å². The number of rotatable bonds is 80. The van der Waals surface area contributed by atoms with Crippen LogP contribution in [-0.2, 0) is 14.3 Å². The van der Waals surface area contributed by atoms with Crippen LogP contribution in [-0.4, -0.2) is 47.4 Å². The SMILES string of the molecule is CCCCCC/C=C\C/C=C\CCCCCCCCCC(=O)OCCCCCCCCCCCCCCC/C=C\C/C=C\CCCCCCCCCCCCCCCCCCCC(=O)NC(CO)C(O)CCCCCCCCCCCCCCCCCCCCCCC. The summed E-state index contributed by atoms with van der Waals surface area (Å²) in [5.41, 5.74) is 0. The molecule has 548 valence electrons. The van der Waals surface area contributed by atoms with Crippen molar-refractivity contribution in [3.05, 3.63) is 48.6 Å². The van der Waals surface area contributed by atoms with Gasteiger partial charge in [0.15, 0.2) is 0 Å². The van der Waals surface area contributed by atoms with Crippen molar-refractivity contribution >= 4 is 11.9 Å². The first-order valence-electron chi connectivity index (χ1n) is 42.4. The van der Waals surface area contributed by atoms with E-state index in [2.05, 4.69) is 67.8 Å². The fraction of sp³-hybridized carbons (Fsp3) is 0.885. The van der Waals surface area contributed by atoms with E-state index in [0.717, 1.165) is 57.8 Å². The van der Waals surface area contributed by atoms with Gasteiger partial charge in [-0.3, -0.25) is 9.59 Å². The standard InChI is InChI=1S/C87H165NO5/c1-3-5-7-9-11-13-15-17-19-21-23-41-44-47-51-55-59-63-67-71-75-79-85(90)84(83-89)88-86(91)80-76-72-68-64-60-56-52-48-45-42-39-37-35-33-31-29-27-25-24-26-28-30-32-34-36-38-40-43-46-50-54-58-62-66-70-74-78-82-93-87(92)81-77-73-69-65-61-57-53-49-22-20-18-16-14-12-10-8-6-4-2/h14,16,20,22,24,26,30,32,84-85,89-90H,3-13,15,17-19,21,23,25,27-29,31,33-83H2,1-2H3,(H,88,91)/b16-14-,22-20-,26-24-,32-30-. The molecule has 0 saturated carbocycles. The van der Waals surface area contributed by atoms with Crippen LogP contribution in [0.15, 0.2) is 48.6 Å². The zero-order chi connectivity index (χ0) is 67.0. The van der Waals surface area contributed by atoms with Crippen LogP contribution < -0.4 is 5.32 Å². The molecule has 0 fully saturated rings. The fourth-order valence-electron chi connectivity index (χ4n) is 13.4. The molecule has 3 N–H and O–H groups in total. The summed E-state index contributed by atoms with van der Waals surface area (Å²) in [6.07, 6.45) is 109. The lowest BCUT2D eigenvalue weighted by molar-refractivity contribution is -0.143. The van der Waals surface area contributed by atoms with Crippen molar-refractivity contribution in [3.63, 3.8) is 0 Å². The Morgan fingerprint density at radius 2 is 0.538 bits per heavy atom. The first kappa shape index (κ1) is 90.8. The summed E-state index contributed by atoms with van der Waals surface area (Å²) in [6, 6.07) is -0.541. The summed E-state index contributed by atoms with van der Waals surface area (Å²) in [5.74, 6) is -0.0152. The van der Waals surface area contributed by atoms with Gasteiger partial charge in [0.25, 0.3) is 0 Å². The van der Waals surface area contributed by atoms with Gasteiger partial charge in [-0.1, -0.05) is 416 Å². The molecule has 2 atom stereocenters. The van der Waals surface area contributed by atoms with Crippen LogP contribution in [0.5, 0.6) is 0 Å². The second-order valence-corrected chi connectivity index (χ2v) is 29.2. The first-order valence-corrected chi connectivity index (χ1v) is 42.4. The summed E-state index contributed by atoms with van der Waals surface area (Å²) >= 11 is 0. The quantitative estimate of drug-likeness (QED) is 0.0320. The second-order valence-electron chi connectivity index (χ2n) is 29.2. The number of allylic oxidation sites excluding steroid dienone is 8. The molecule has 0 radical (unpaired) electrons. The lowest BCUT2D eigenvalue weighted by Gasteiger charge is -2.22. The van der Waals surface area contributed by atoms with E-state index in [1.165, 1.54) is 379 Å². The molecule has 0 saturated heterocycles. The minimum atomic E-state index is -0.664. The number of carbonyl (C=O) groups is 2. The van der Waals surface area contributed by atoms with Gasteiger partial charge in [-0.05, 0) is 89.9 Å². The van der Waals surface area contributed by atoms with E-state index in [1.54, 1.807) is 0 Å². The molecule has 1 amide bonds. The number of aliphatic hydroxyl groups is 2. The minimum absolute atomic E-state index is 0.0120. The van der Waals surface area contributed by atoms with E-state index in [4.69, 9.17) is 4.74 Å². The van der Waals surface area contributed by atoms with Crippen LogP contribution in [0.1, 0.15) is 470 Å². The van der Waals surface area contributed by atoms with Gasteiger partial charge in [0, 0.05) is 12.8 Å². The van der Waals surface area contributed by atoms with E-state index < -0.39 is 12.1 Å². The lowest BCUT2D eigenvalue weighted by atomic mass is 10.0. The monoisotopic (exact) mass is 1300 g/mol. The van der Waals surface area contributed by atoms with E-state index >= 15 is 0 Å². The van der Waals surface area contributed by atoms with Gasteiger partial charge >= 0.3 is 5.97 Å². The van der Waals surface area contributed by atoms with Gasteiger partial charge in [-0.15, -0.1) is 0 Å². The lowest BCUT2D eigenvalue weighted by Crippen LogP contribution is -2.45. The third-order valence-corrected chi connectivity index (χ3v) is 19.9. The van der Waals surface area contributed by atoms with Crippen molar-refractivity contribution in [2.45, 2.75) is 482 Å². The number of esters is 1.